The molecule has 4 rings (SSSR count). The van der Waals surface area contributed by atoms with Crippen molar-refractivity contribution in [3.63, 3.8) is 0 Å². The second-order valence-corrected chi connectivity index (χ2v) is 5.44. The minimum atomic E-state index is -0.637. The van der Waals surface area contributed by atoms with E-state index in [1.54, 1.807) is 12.4 Å². The maximum absolute atomic E-state index is 11.7. The molecule has 0 aliphatic carbocycles. The van der Waals surface area contributed by atoms with Crippen molar-refractivity contribution in [2.45, 2.75) is 12.1 Å². The van der Waals surface area contributed by atoms with E-state index in [2.05, 4.69) is 27.1 Å². The molecular weight excluding hydrogens is 318 g/mol. The molecule has 0 saturated carbocycles. The van der Waals surface area contributed by atoms with E-state index in [1.807, 2.05) is 36.4 Å². The fraction of sp³-hybridized carbons (Fsp3) is 0.105. The zero-order valence-corrected chi connectivity index (χ0v) is 13.0. The van der Waals surface area contributed by atoms with E-state index >= 15 is 0 Å². The average Bonchev–Trinajstić information content (AvgIpc) is 3.30. The molecule has 122 valence electrons. The smallest absolute Gasteiger partial charge is 0.408 e. The standard InChI is InChI=1S/C19H13N3O3/c23-19-22-16(17(25-19)18-21-8-9-24-18)15-10-14(11-20-12-15)7-6-13-4-2-1-3-5-13/h1-5,8-12,16-17H,(H,22,23)/t16-,17-/m1/s1. The minimum Gasteiger partial charge on any atom is -0.445 e. The van der Waals surface area contributed by atoms with Gasteiger partial charge in [0.25, 0.3) is 0 Å². The van der Waals surface area contributed by atoms with Gasteiger partial charge in [0.05, 0.1) is 6.20 Å². The summed E-state index contributed by atoms with van der Waals surface area (Å²) in [5, 5.41) is 2.76. The van der Waals surface area contributed by atoms with Crippen molar-refractivity contribution in [1.82, 2.24) is 15.3 Å². The number of aromatic nitrogens is 2. The molecule has 1 N–H and O–H groups in total. The zero-order chi connectivity index (χ0) is 17.1. The van der Waals surface area contributed by atoms with Crippen molar-refractivity contribution >= 4 is 6.09 Å². The first kappa shape index (κ1) is 15.0. The summed E-state index contributed by atoms with van der Waals surface area (Å²) in [4.78, 5) is 20.0. The summed E-state index contributed by atoms with van der Waals surface area (Å²) in [5.41, 5.74) is 2.44. The molecule has 3 aromatic rings. The Morgan fingerprint density at radius 2 is 1.92 bits per heavy atom. The third kappa shape index (κ3) is 3.21. The quantitative estimate of drug-likeness (QED) is 0.731. The number of cyclic esters (lactones) is 1. The summed E-state index contributed by atoms with van der Waals surface area (Å²) in [7, 11) is 0. The molecule has 0 radical (unpaired) electrons. The Labute approximate surface area is 143 Å². The van der Waals surface area contributed by atoms with Crippen LogP contribution in [0, 0.1) is 11.8 Å². The molecule has 1 aromatic carbocycles. The van der Waals surface area contributed by atoms with Gasteiger partial charge in [0.2, 0.25) is 12.0 Å². The van der Waals surface area contributed by atoms with Crippen molar-refractivity contribution in [1.29, 1.82) is 0 Å². The Balaban J connectivity index is 1.63. The zero-order valence-electron chi connectivity index (χ0n) is 13.0. The van der Waals surface area contributed by atoms with Crippen LogP contribution in [0.3, 0.4) is 0 Å². The maximum atomic E-state index is 11.7. The fourth-order valence-electron chi connectivity index (χ4n) is 2.61. The summed E-state index contributed by atoms with van der Waals surface area (Å²) < 4.78 is 10.5. The van der Waals surface area contributed by atoms with Gasteiger partial charge in [-0.1, -0.05) is 30.0 Å². The van der Waals surface area contributed by atoms with Crippen molar-refractivity contribution in [2.75, 3.05) is 0 Å². The van der Waals surface area contributed by atoms with E-state index in [1.165, 1.54) is 12.5 Å². The van der Waals surface area contributed by atoms with Crippen molar-refractivity contribution in [3.8, 4) is 11.8 Å². The molecule has 1 aliphatic rings. The van der Waals surface area contributed by atoms with Gasteiger partial charge >= 0.3 is 6.09 Å². The van der Waals surface area contributed by atoms with Gasteiger partial charge in [0.15, 0.2) is 0 Å². The molecule has 3 heterocycles. The Hall–Kier alpha value is -3.59. The number of hydrogen-bond donors (Lipinski definition) is 1. The number of nitrogens with zero attached hydrogens (tertiary/aromatic N) is 2. The van der Waals surface area contributed by atoms with E-state index < -0.39 is 18.2 Å². The van der Waals surface area contributed by atoms with E-state index in [9.17, 15) is 4.79 Å². The lowest BCUT2D eigenvalue weighted by atomic mass is 10.0. The molecule has 1 aliphatic heterocycles. The lowest BCUT2D eigenvalue weighted by Crippen LogP contribution is -2.20. The van der Waals surface area contributed by atoms with Gasteiger partial charge in [-0.3, -0.25) is 4.98 Å². The van der Waals surface area contributed by atoms with E-state index in [0.29, 0.717) is 5.89 Å². The molecule has 0 spiro atoms. The Morgan fingerprint density at radius 3 is 2.72 bits per heavy atom. The number of nitrogens with one attached hydrogen (secondary N) is 1. The number of hydrogen-bond acceptors (Lipinski definition) is 5. The van der Waals surface area contributed by atoms with E-state index in [-0.39, 0.29) is 0 Å². The summed E-state index contributed by atoms with van der Waals surface area (Å²) in [5.74, 6) is 6.50. The predicted octanol–water partition coefficient (Wildman–Crippen LogP) is 2.99. The van der Waals surface area contributed by atoms with Gasteiger partial charge in [-0.05, 0) is 23.8 Å². The number of carbonyl (C=O) groups excluding carboxylic acids is 1. The number of rotatable bonds is 2. The first-order valence-electron chi connectivity index (χ1n) is 7.68. The topological polar surface area (TPSA) is 77.3 Å². The molecule has 0 bridgehead atoms. The maximum Gasteiger partial charge on any atom is 0.408 e. The third-order valence-electron chi connectivity index (χ3n) is 3.75. The number of pyridine rings is 1. The molecule has 2 aromatic heterocycles. The third-order valence-corrected chi connectivity index (χ3v) is 3.75. The van der Waals surface area contributed by atoms with Crippen LogP contribution in [0.25, 0.3) is 0 Å². The number of amides is 1. The summed E-state index contributed by atoms with van der Waals surface area (Å²) in [6, 6.07) is 11.1. The van der Waals surface area contributed by atoms with Crippen LogP contribution in [0.2, 0.25) is 0 Å². The highest BCUT2D eigenvalue weighted by Crippen LogP contribution is 2.35. The summed E-state index contributed by atoms with van der Waals surface area (Å²) >= 11 is 0. The van der Waals surface area contributed by atoms with Gasteiger partial charge in [0, 0.05) is 23.5 Å². The van der Waals surface area contributed by atoms with Crippen molar-refractivity contribution in [3.05, 3.63) is 83.8 Å². The van der Waals surface area contributed by atoms with Gasteiger partial charge in [-0.2, -0.15) is 0 Å². The minimum absolute atomic E-state index is 0.337. The van der Waals surface area contributed by atoms with Crippen LogP contribution in [0.4, 0.5) is 4.79 Å². The van der Waals surface area contributed by atoms with Crippen molar-refractivity contribution < 1.29 is 13.9 Å². The molecule has 6 heteroatoms. The Bertz CT molecular complexity index is 943. The molecule has 1 fully saturated rings. The van der Waals surface area contributed by atoms with Crippen LogP contribution in [0.1, 0.15) is 34.7 Å². The lowest BCUT2D eigenvalue weighted by Gasteiger charge is -2.14. The highest BCUT2D eigenvalue weighted by molar-refractivity contribution is 5.71. The van der Waals surface area contributed by atoms with Crippen LogP contribution in [0.5, 0.6) is 0 Å². The Morgan fingerprint density at radius 1 is 1.08 bits per heavy atom. The largest absolute Gasteiger partial charge is 0.445 e. The van der Waals surface area contributed by atoms with E-state index in [0.717, 1.165) is 16.7 Å². The first-order valence-corrected chi connectivity index (χ1v) is 7.68. The van der Waals surface area contributed by atoms with Crippen LogP contribution in [-0.4, -0.2) is 16.1 Å². The molecule has 0 unspecified atom stereocenters. The lowest BCUT2D eigenvalue weighted by molar-refractivity contribution is 0.114. The first-order chi connectivity index (χ1) is 12.3. The monoisotopic (exact) mass is 331 g/mol. The summed E-state index contributed by atoms with van der Waals surface area (Å²) in [6.45, 7) is 0. The molecular formula is C19H13N3O3. The molecule has 6 nitrogen and oxygen atoms in total. The fourth-order valence-corrected chi connectivity index (χ4v) is 2.61. The normalized spacial score (nSPS) is 18.8. The predicted molar refractivity (Wildman–Crippen MR) is 88.3 cm³/mol. The van der Waals surface area contributed by atoms with Gasteiger partial charge < -0.3 is 14.5 Å². The molecule has 2 atom stereocenters. The highest BCUT2D eigenvalue weighted by Gasteiger charge is 2.39. The SMILES string of the molecule is O=C1N[C@H](c2cncc(C#Cc3ccccc3)c2)[C@H](c2ncco2)O1. The van der Waals surface area contributed by atoms with Gasteiger partial charge in [-0.25, -0.2) is 9.78 Å². The molecule has 25 heavy (non-hydrogen) atoms. The van der Waals surface area contributed by atoms with E-state index in [4.69, 9.17) is 9.15 Å². The van der Waals surface area contributed by atoms with Gasteiger partial charge in [-0.15, -0.1) is 0 Å². The number of alkyl carbamates (subject to hydrolysis) is 1. The number of ether oxygens (including phenoxy) is 1. The second-order valence-electron chi connectivity index (χ2n) is 5.44. The van der Waals surface area contributed by atoms with Crippen molar-refractivity contribution in [2.24, 2.45) is 0 Å². The molecule has 1 amide bonds. The molecule has 1 saturated heterocycles. The number of carbonyl (C=O) groups is 1. The highest BCUT2D eigenvalue weighted by atomic mass is 16.6. The number of benzene rings is 1. The summed E-state index contributed by atoms with van der Waals surface area (Å²) in [6.07, 6.45) is 5.15. The number of oxazole rings is 1. The average molecular weight is 331 g/mol. The van der Waals surface area contributed by atoms with Crippen LogP contribution in [-0.2, 0) is 4.74 Å². The van der Waals surface area contributed by atoms with Crippen LogP contribution < -0.4 is 5.32 Å². The van der Waals surface area contributed by atoms with Gasteiger partial charge in [0.1, 0.15) is 12.3 Å². The second kappa shape index (κ2) is 6.49. The Kier molecular flexibility index (Phi) is 3.89. The van der Waals surface area contributed by atoms with Crippen LogP contribution >= 0.6 is 0 Å². The van der Waals surface area contributed by atoms with Crippen LogP contribution in [0.15, 0.2) is 65.7 Å².